The molecule has 2 aromatic heterocycles. The molecule has 2 N–H and O–H groups in total. The largest absolute Gasteiger partial charge is 0.450 e. The first-order valence-corrected chi connectivity index (χ1v) is 17.5. The number of benzene rings is 2. The number of rotatable bonds is 11. The van der Waals surface area contributed by atoms with Crippen molar-refractivity contribution in [1.82, 2.24) is 14.9 Å². The van der Waals surface area contributed by atoms with Crippen molar-refractivity contribution in [2.24, 2.45) is 0 Å². The minimum Gasteiger partial charge on any atom is -0.450 e. The Kier molecular flexibility index (Phi) is 8.95. The van der Waals surface area contributed by atoms with Crippen molar-refractivity contribution in [3.05, 3.63) is 72.1 Å². The van der Waals surface area contributed by atoms with E-state index in [9.17, 15) is 18.0 Å². The van der Waals surface area contributed by atoms with Crippen molar-refractivity contribution >= 4 is 30.8 Å². The van der Waals surface area contributed by atoms with E-state index < -0.39 is 48.8 Å². The summed E-state index contributed by atoms with van der Waals surface area (Å²) in [5.41, 5.74) is -1.38. The van der Waals surface area contributed by atoms with Gasteiger partial charge >= 0.3 is 6.03 Å². The number of fused-ring (bicyclic) bond motifs is 1. The summed E-state index contributed by atoms with van der Waals surface area (Å²) in [5.74, 6) is -4.77. The maximum atomic E-state index is 15.2. The molecule has 5 rings (SSSR count). The van der Waals surface area contributed by atoms with Gasteiger partial charge in [0.05, 0.1) is 25.1 Å². The van der Waals surface area contributed by atoms with Crippen molar-refractivity contribution in [2.45, 2.75) is 38.1 Å². The monoisotopic (exact) mass is 634 g/mol. The maximum Gasteiger partial charge on any atom is 0.319 e. The van der Waals surface area contributed by atoms with Crippen molar-refractivity contribution < 1.29 is 41.0 Å². The van der Waals surface area contributed by atoms with Gasteiger partial charge in [-0.15, -0.1) is 0 Å². The Labute approximate surface area is 251 Å². The van der Waals surface area contributed by atoms with E-state index in [-0.39, 0.29) is 60.1 Å². The minimum absolute atomic E-state index is 0.0186. The molecule has 0 saturated carbocycles. The molecule has 2 aromatic carbocycles. The summed E-state index contributed by atoms with van der Waals surface area (Å²) in [6.45, 7) is 6.54. The van der Waals surface area contributed by atoms with E-state index in [1.165, 1.54) is 18.3 Å². The second-order valence-electron chi connectivity index (χ2n) is 11.8. The van der Waals surface area contributed by atoms with Crippen molar-refractivity contribution in [3.63, 3.8) is 0 Å². The zero-order chi connectivity index (χ0) is 31.6. The second-order valence-corrected chi connectivity index (χ2v) is 17.4. The highest BCUT2D eigenvalue weighted by molar-refractivity contribution is 6.76. The molecule has 234 valence electrons. The van der Waals surface area contributed by atoms with Gasteiger partial charge in [0.2, 0.25) is 0 Å². The van der Waals surface area contributed by atoms with E-state index in [2.05, 4.69) is 35.3 Å². The molecule has 1 fully saturated rings. The van der Waals surface area contributed by atoms with Gasteiger partial charge in [-0.1, -0.05) is 19.6 Å². The molecule has 0 spiro atoms. The molecule has 0 aliphatic carbocycles. The number of hydrogen-bond acceptors (Lipinski definition) is 5. The highest BCUT2D eigenvalue weighted by atomic mass is 28.3. The van der Waals surface area contributed by atoms with Crippen LogP contribution >= 0.6 is 0 Å². The Bertz CT molecular complexity index is 1670. The first kappa shape index (κ1) is 31.4. The number of carbonyl (C=O) groups excluding carboxylic acids is 1. The number of carbonyl (C=O) groups is 1. The Balaban J connectivity index is 1.44. The third-order valence-electron chi connectivity index (χ3n) is 6.92. The number of halogens is 5. The highest BCUT2D eigenvalue weighted by Crippen LogP contribution is 2.40. The molecule has 0 atom stereocenters. The Morgan fingerprint density at radius 2 is 1.77 bits per heavy atom. The summed E-state index contributed by atoms with van der Waals surface area (Å²) < 4.78 is 91.1. The van der Waals surface area contributed by atoms with Crippen LogP contribution in [0.25, 0.3) is 22.2 Å². The molecule has 0 bridgehead atoms. The molecule has 1 aliphatic heterocycles. The van der Waals surface area contributed by atoms with Crippen molar-refractivity contribution in [2.75, 3.05) is 31.7 Å². The highest BCUT2D eigenvalue weighted by Gasteiger charge is 2.39. The number of urea groups is 1. The van der Waals surface area contributed by atoms with E-state index in [1.807, 2.05) is 0 Å². The first-order chi connectivity index (χ1) is 20.8. The zero-order valence-electron chi connectivity index (χ0n) is 24.3. The van der Waals surface area contributed by atoms with Crippen LogP contribution in [0.1, 0.15) is 0 Å². The van der Waals surface area contributed by atoms with Crippen LogP contribution < -0.4 is 15.4 Å². The Morgan fingerprint density at radius 1 is 1.05 bits per heavy atom. The normalized spacial score (nSPS) is 14.4. The summed E-state index contributed by atoms with van der Waals surface area (Å²) in [6.07, 6.45) is 2.92. The summed E-state index contributed by atoms with van der Waals surface area (Å²) in [4.78, 5) is 16.5. The average molecular weight is 635 g/mol. The van der Waals surface area contributed by atoms with Crippen LogP contribution in [-0.4, -0.2) is 55.7 Å². The lowest BCUT2D eigenvalue weighted by molar-refractivity contribution is -0.125. The van der Waals surface area contributed by atoms with E-state index in [0.29, 0.717) is 6.61 Å². The molecular formula is C30H31F5N4O4Si. The number of alkyl halides is 1. The Hall–Kier alpha value is -4.01. The standard InChI is InChI=1S/C30H31F5N4O4Si/c1-44(2,3)9-8-41-17-39-13-21(20-5-4-18(31)10-22(20)32)26-25(6-7-36-28(26)39)43-27-23(33)11-19(12-24(27)34)38-29(40)37-14-30(35)15-42-16-30/h4-7,10-13H,8-9,14-17H2,1-3H3,(H2,37,38,40). The van der Waals surface area contributed by atoms with E-state index in [1.54, 1.807) is 10.8 Å². The number of anilines is 1. The number of nitrogens with zero attached hydrogens (tertiary/aromatic N) is 2. The van der Waals surface area contributed by atoms with Crippen LogP contribution in [0, 0.1) is 23.3 Å². The first-order valence-electron chi connectivity index (χ1n) is 13.8. The van der Waals surface area contributed by atoms with Crippen molar-refractivity contribution in [1.29, 1.82) is 0 Å². The van der Waals surface area contributed by atoms with Gasteiger partial charge in [0, 0.05) is 62.1 Å². The van der Waals surface area contributed by atoms with E-state index in [4.69, 9.17) is 14.2 Å². The predicted octanol–water partition coefficient (Wildman–Crippen LogP) is 7.22. The predicted molar refractivity (Wildman–Crippen MR) is 157 cm³/mol. The van der Waals surface area contributed by atoms with E-state index >= 15 is 8.78 Å². The number of pyridine rings is 1. The lowest BCUT2D eigenvalue weighted by Gasteiger charge is -2.33. The van der Waals surface area contributed by atoms with Gasteiger partial charge in [-0.2, -0.15) is 0 Å². The van der Waals surface area contributed by atoms with Gasteiger partial charge in [-0.25, -0.2) is 31.7 Å². The van der Waals surface area contributed by atoms with Crippen LogP contribution in [0.5, 0.6) is 11.5 Å². The fourth-order valence-corrected chi connectivity index (χ4v) is 5.26. The van der Waals surface area contributed by atoms with Crippen molar-refractivity contribution in [3.8, 4) is 22.6 Å². The topological polar surface area (TPSA) is 86.6 Å². The van der Waals surface area contributed by atoms with Gasteiger partial charge < -0.3 is 29.4 Å². The lowest BCUT2D eigenvalue weighted by atomic mass is 10.0. The van der Waals surface area contributed by atoms with Crippen LogP contribution in [0.4, 0.5) is 32.4 Å². The fraction of sp³-hybridized carbons (Fsp3) is 0.333. The number of amides is 2. The fourth-order valence-electron chi connectivity index (χ4n) is 4.50. The molecule has 8 nitrogen and oxygen atoms in total. The molecule has 1 saturated heterocycles. The zero-order valence-corrected chi connectivity index (χ0v) is 25.3. The molecular weight excluding hydrogens is 603 g/mol. The molecule has 1 aliphatic rings. The third-order valence-corrected chi connectivity index (χ3v) is 8.63. The van der Waals surface area contributed by atoms with Crippen LogP contribution in [0.2, 0.25) is 25.7 Å². The van der Waals surface area contributed by atoms with Crippen LogP contribution in [0.15, 0.2) is 48.8 Å². The molecule has 0 unspecified atom stereocenters. The summed E-state index contributed by atoms with van der Waals surface area (Å²) in [6, 6.07) is 6.16. The molecule has 44 heavy (non-hydrogen) atoms. The molecule has 0 radical (unpaired) electrons. The smallest absolute Gasteiger partial charge is 0.319 e. The lowest BCUT2D eigenvalue weighted by Crippen LogP contribution is -2.54. The minimum atomic E-state index is -1.68. The van der Waals surface area contributed by atoms with Gasteiger partial charge in [-0.3, -0.25) is 0 Å². The summed E-state index contributed by atoms with van der Waals surface area (Å²) in [5, 5.41) is 4.76. The average Bonchev–Trinajstić information content (AvgIpc) is 3.29. The molecule has 14 heteroatoms. The Morgan fingerprint density at radius 3 is 2.41 bits per heavy atom. The van der Waals surface area contributed by atoms with Gasteiger partial charge in [-0.05, 0) is 24.2 Å². The van der Waals surface area contributed by atoms with Crippen LogP contribution in [0.3, 0.4) is 0 Å². The van der Waals surface area contributed by atoms with Crippen LogP contribution in [-0.2, 0) is 16.2 Å². The number of nitrogens with one attached hydrogen (secondary N) is 2. The quantitative estimate of drug-likeness (QED) is 0.103. The van der Waals surface area contributed by atoms with Gasteiger partial charge in [0.25, 0.3) is 0 Å². The van der Waals surface area contributed by atoms with Gasteiger partial charge in [0.1, 0.15) is 29.8 Å². The SMILES string of the molecule is C[Si](C)(C)CCOCn1cc(-c2ccc(F)cc2F)c2c(Oc3c(F)cc(NC(=O)NCC4(F)COC4)cc3F)ccnc21. The maximum absolute atomic E-state index is 15.2. The third kappa shape index (κ3) is 7.19. The van der Waals surface area contributed by atoms with Gasteiger partial charge in [0.15, 0.2) is 23.1 Å². The number of ether oxygens (including phenoxy) is 3. The number of hydrogen-bond donors (Lipinski definition) is 2. The summed E-state index contributed by atoms with van der Waals surface area (Å²) in [7, 11) is -1.37. The molecule has 2 amide bonds. The second kappa shape index (κ2) is 12.5. The molecule has 4 aromatic rings. The number of aromatic nitrogens is 2. The van der Waals surface area contributed by atoms with E-state index in [0.717, 1.165) is 30.3 Å². The summed E-state index contributed by atoms with van der Waals surface area (Å²) >= 11 is 0. The molecule has 3 heterocycles.